The molecule has 0 aliphatic carbocycles. The minimum absolute atomic E-state index is 0.176. The van der Waals surface area contributed by atoms with Crippen LogP contribution in [0, 0.1) is 0 Å². The highest BCUT2D eigenvalue weighted by atomic mass is 32.1. The third-order valence-corrected chi connectivity index (χ3v) is 14.4. The van der Waals surface area contributed by atoms with Crippen LogP contribution in [0.4, 0.5) is 17.1 Å². The van der Waals surface area contributed by atoms with E-state index in [-0.39, 0.29) is 60.6 Å². The Balaban J connectivity index is 1.21. The first-order valence-electron chi connectivity index (χ1n) is 24.8. The van der Waals surface area contributed by atoms with Gasteiger partial charge in [0.15, 0.2) is 0 Å². The first-order chi connectivity index (χ1) is 35.5. The van der Waals surface area contributed by atoms with Crippen LogP contribution in [-0.2, 0) is 48.0 Å². The SMILES string of the molecule is NCCCC[C@@H](NC(=O)Cc1ccsc1)C(=O)Nc1ccc(C(c2ccc(NC(=O)[C@@H](CCCCN)NC(=O)Cc3ccsc3)cc2)c2ccc(NC(=O)[C@@H](CCCCN)NC(=O)Cc3ccsc3)cc2)cc1. The number of rotatable bonds is 30. The van der Waals surface area contributed by atoms with Crippen molar-refractivity contribution in [3.05, 3.63) is 157 Å². The van der Waals surface area contributed by atoms with Gasteiger partial charge in [-0.15, -0.1) is 0 Å². The minimum Gasteiger partial charge on any atom is -0.344 e. The second-order valence-electron chi connectivity index (χ2n) is 17.9. The zero-order valence-corrected chi connectivity index (χ0v) is 43.4. The summed E-state index contributed by atoms with van der Waals surface area (Å²) in [6.07, 6.45) is 5.99. The van der Waals surface area contributed by atoms with Crippen molar-refractivity contribution in [2.45, 2.75) is 101 Å². The Morgan fingerprint density at radius 2 is 0.658 bits per heavy atom. The van der Waals surface area contributed by atoms with E-state index in [9.17, 15) is 28.8 Å². The van der Waals surface area contributed by atoms with Crippen molar-refractivity contribution in [2.75, 3.05) is 35.6 Å². The molecule has 386 valence electrons. The van der Waals surface area contributed by atoms with E-state index in [0.717, 1.165) is 52.6 Å². The molecule has 0 fully saturated rings. The van der Waals surface area contributed by atoms with Gasteiger partial charge in [-0.1, -0.05) is 36.4 Å². The number of hydrogen-bond acceptors (Lipinski definition) is 12. The predicted molar refractivity (Wildman–Crippen MR) is 295 cm³/mol. The van der Waals surface area contributed by atoms with Gasteiger partial charge in [0.25, 0.3) is 0 Å². The van der Waals surface area contributed by atoms with Crippen LogP contribution in [0.1, 0.15) is 97.1 Å². The van der Waals surface area contributed by atoms with Crippen LogP contribution < -0.4 is 49.1 Å². The highest BCUT2D eigenvalue weighted by Gasteiger charge is 2.25. The standard InChI is InChI=1S/C55H67N9O6S3/c56-25-4-1-7-46(62-49(65)31-37-22-28-71-34-37)53(68)59-43-16-10-40(11-17-43)52(41-12-18-44(19-13-41)60-54(69)47(8-2-5-26-57)63-50(66)32-38-23-29-72-35-38)42-14-20-45(21-15-42)61-55(70)48(9-3-6-27-58)64-51(67)33-39-24-30-73-36-39/h10-24,28-30,34-36,46-48,52H,1-9,25-27,31-33,56-58H2,(H,59,68)(H,60,69)(H,61,70)(H,62,65)(H,63,66)(H,64,67)/t46-,47-,48-/m1/s1. The lowest BCUT2D eigenvalue weighted by molar-refractivity contribution is -0.126. The molecule has 73 heavy (non-hydrogen) atoms. The summed E-state index contributed by atoms with van der Waals surface area (Å²) >= 11 is 4.53. The molecule has 12 N–H and O–H groups in total. The molecular formula is C55H67N9O6S3. The number of nitrogens with two attached hydrogens (primary N) is 3. The fraction of sp³-hybridized carbons (Fsp3) is 0.345. The minimum atomic E-state index is -0.754. The molecule has 3 atom stereocenters. The van der Waals surface area contributed by atoms with E-state index in [1.54, 1.807) is 0 Å². The summed E-state index contributed by atoms with van der Waals surface area (Å²) in [5.41, 5.74) is 24.2. The molecule has 0 bridgehead atoms. The molecule has 0 spiro atoms. The molecule has 0 unspecified atom stereocenters. The third-order valence-electron chi connectivity index (χ3n) is 12.2. The molecule has 0 aliphatic heterocycles. The van der Waals surface area contributed by atoms with Crippen LogP contribution >= 0.6 is 34.0 Å². The van der Waals surface area contributed by atoms with Crippen molar-refractivity contribution in [2.24, 2.45) is 17.2 Å². The second kappa shape index (κ2) is 29.8. The molecular weight excluding hydrogens is 979 g/mol. The zero-order chi connectivity index (χ0) is 51.8. The first kappa shape index (κ1) is 55.8. The molecule has 3 aromatic heterocycles. The topological polar surface area (TPSA) is 253 Å². The molecule has 6 aromatic rings. The summed E-state index contributed by atoms with van der Waals surface area (Å²) in [6, 6.07) is 25.9. The summed E-state index contributed by atoms with van der Waals surface area (Å²) < 4.78 is 0. The molecule has 6 rings (SSSR count). The van der Waals surface area contributed by atoms with Crippen molar-refractivity contribution in [3.8, 4) is 0 Å². The maximum Gasteiger partial charge on any atom is 0.246 e. The molecule has 6 amide bonds. The number of thiophene rings is 3. The number of anilines is 3. The number of hydrogen-bond donors (Lipinski definition) is 9. The Bertz CT molecular complexity index is 2340. The molecule has 0 radical (unpaired) electrons. The van der Waals surface area contributed by atoms with Crippen molar-refractivity contribution >= 4 is 86.5 Å². The predicted octanol–water partition coefficient (Wildman–Crippen LogP) is 7.44. The molecule has 3 heterocycles. The fourth-order valence-electron chi connectivity index (χ4n) is 8.30. The van der Waals surface area contributed by atoms with Gasteiger partial charge in [0.2, 0.25) is 35.4 Å². The Kier molecular flexibility index (Phi) is 22.8. The number of benzene rings is 3. The lowest BCUT2D eigenvalue weighted by Crippen LogP contribution is -2.44. The van der Waals surface area contributed by atoms with Gasteiger partial charge in [0.1, 0.15) is 18.1 Å². The monoisotopic (exact) mass is 1050 g/mol. The molecule has 0 saturated carbocycles. The molecule has 3 aromatic carbocycles. The van der Waals surface area contributed by atoms with E-state index in [2.05, 4.69) is 31.9 Å². The second-order valence-corrected chi connectivity index (χ2v) is 20.2. The Labute approximate surface area is 439 Å². The highest BCUT2D eigenvalue weighted by Crippen LogP contribution is 2.34. The van der Waals surface area contributed by atoms with Gasteiger partial charge in [-0.25, -0.2) is 0 Å². The quantitative estimate of drug-likeness (QED) is 0.0160. The average Bonchev–Trinajstić information content (AvgIpc) is 4.21. The summed E-state index contributed by atoms with van der Waals surface area (Å²) in [6.45, 7) is 1.44. The highest BCUT2D eigenvalue weighted by molar-refractivity contribution is 7.08. The third kappa shape index (κ3) is 18.5. The number of amides is 6. The van der Waals surface area contributed by atoms with Crippen LogP contribution in [0.3, 0.4) is 0 Å². The van der Waals surface area contributed by atoms with Gasteiger partial charge in [0.05, 0.1) is 19.3 Å². The number of unbranched alkanes of at least 4 members (excludes halogenated alkanes) is 3. The molecule has 0 saturated heterocycles. The lowest BCUT2D eigenvalue weighted by atomic mass is 9.85. The summed E-state index contributed by atoms with van der Waals surface area (Å²) in [7, 11) is 0. The number of carbonyl (C=O) groups is 6. The van der Waals surface area contributed by atoms with E-state index in [1.165, 1.54) is 34.0 Å². The zero-order valence-electron chi connectivity index (χ0n) is 40.9. The van der Waals surface area contributed by atoms with Crippen LogP contribution in [0.2, 0.25) is 0 Å². The van der Waals surface area contributed by atoms with Crippen LogP contribution in [0.5, 0.6) is 0 Å². The van der Waals surface area contributed by atoms with Crippen LogP contribution in [0.15, 0.2) is 123 Å². The van der Waals surface area contributed by atoms with Crippen molar-refractivity contribution in [1.29, 1.82) is 0 Å². The largest absolute Gasteiger partial charge is 0.344 e. The molecule has 15 nitrogen and oxygen atoms in total. The fourth-order valence-corrected chi connectivity index (χ4v) is 10.3. The summed E-state index contributed by atoms with van der Waals surface area (Å²) in [5.74, 6) is -2.05. The van der Waals surface area contributed by atoms with Crippen molar-refractivity contribution in [1.82, 2.24) is 16.0 Å². The first-order valence-corrected chi connectivity index (χ1v) is 27.6. The van der Waals surface area contributed by atoms with Crippen LogP contribution in [0.25, 0.3) is 0 Å². The van der Waals surface area contributed by atoms with Gasteiger partial charge >= 0.3 is 0 Å². The van der Waals surface area contributed by atoms with Crippen molar-refractivity contribution < 1.29 is 28.8 Å². The number of carbonyl (C=O) groups excluding carboxylic acids is 6. The number of nitrogens with one attached hydrogen (secondary N) is 6. The lowest BCUT2D eigenvalue weighted by Gasteiger charge is -2.22. The normalized spacial score (nSPS) is 12.3. The van der Waals surface area contributed by atoms with Gasteiger partial charge < -0.3 is 49.1 Å². The Morgan fingerprint density at radius 3 is 0.890 bits per heavy atom. The van der Waals surface area contributed by atoms with Gasteiger partial charge in [-0.05, 0) is 198 Å². The van der Waals surface area contributed by atoms with Crippen LogP contribution in [-0.4, -0.2) is 73.2 Å². The van der Waals surface area contributed by atoms with E-state index in [4.69, 9.17) is 17.2 Å². The van der Waals surface area contributed by atoms with E-state index < -0.39 is 18.1 Å². The molecule has 18 heteroatoms. The summed E-state index contributed by atoms with van der Waals surface area (Å²) in [4.78, 5) is 80.1. The van der Waals surface area contributed by atoms with E-state index in [0.29, 0.717) is 75.2 Å². The average molecular weight is 1050 g/mol. The van der Waals surface area contributed by atoms with Gasteiger partial charge in [-0.3, -0.25) is 28.8 Å². The van der Waals surface area contributed by atoms with E-state index in [1.807, 2.05) is 123 Å². The van der Waals surface area contributed by atoms with Crippen molar-refractivity contribution in [3.63, 3.8) is 0 Å². The van der Waals surface area contributed by atoms with Gasteiger partial charge in [-0.2, -0.15) is 34.0 Å². The molecule has 0 aliphatic rings. The smallest absolute Gasteiger partial charge is 0.246 e. The maximum atomic E-state index is 13.7. The Morgan fingerprint density at radius 1 is 0.384 bits per heavy atom. The summed E-state index contributed by atoms with van der Waals surface area (Å²) in [5, 5.41) is 29.2. The Hall–Kier alpha value is -6.54. The van der Waals surface area contributed by atoms with E-state index >= 15 is 0 Å². The van der Waals surface area contributed by atoms with Gasteiger partial charge in [0, 0.05) is 23.0 Å². The maximum absolute atomic E-state index is 13.7.